The minimum atomic E-state index is -0.133. The molecule has 140 valence electrons. The number of carbonyl (C=O) groups is 1. The van der Waals surface area contributed by atoms with E-state index in [0.717, 1.165) is 51.7 Å². The van der Waals surface area contributed by atoms with Crippen LogP contribution in [-0.2, 0) is 4.79 Å². The summed E-state index contributed by atoms with van der Waals surface area (Å²) in [6.07, 6.45) is 1.46. The van der Waals surface area contributed by atoms with Gasteiger partial charge in [0.25, 0.3) is 5.56 Å². The lowest BCUT2D eigenvalue weighted by molar-refractivity contribution is -0.117. The molecule has 3 heterocycles. The summed E-state index contributed by atoms with van der Waals surface area (Å²) in [6.45, 7) is 2.55. The number of aromatic nitrogens is 2. The fraction of sp³-hybridized carbons (Fsp3) is 0.182. The van der Waals surface area contributed by atoms with E-state index in [1.807, 2.05) is 54.3 Å². The summed E-state index contributed by atoms with van der Waals surface area (Å²) in [4.78, 5) is 33.1. The van der Waals surface area contributed by atoms with Crippen LogP contribution in [0.2, 0.25) is 5.02 Å². The van der Waals surface area contributed by atoms with E-state index in [1.165, 1.54) is 0 Å². The van der Waals surface area contributed by atoms with E-state index in [0.29, 0.717) is 17.0 Å². The van der Waals surface area contributed by atoms with Crippen LogP contribution in [-0.4, -0.2) is 22.4 Å². The number of H-pyrrole nitrogens is 2. The number of aromatic amines is 2. The molecule has 5 nitrogen and oxygen atoms in total. The van der Waals surface area contributed by atoms with Crippen molar-refractivity contribution in [3.63, 3.8) is 0 Å². The maximum atomic E-state index is 12.7. The molecule has 0 spiro atoms. The van der Waals surface area contributed by atoms with Gasteiger partial charge in [-0.3, -0.25) is 9.59 Å². The van der Waals surface area contributed by atoms with E-state index in [-0.39, 0.29) is 11.5 Å². The third-order valence-electron chi connectivity index (χ3n) is 5.48. The van der Waals surface area contributed by atoms with Crippen LogP contribution in [0.15, 0.2) is 47.3 Å². The first-order valence-electron chi connectivity index (χ1n) is 9.27. The maximum Gasteiger partial charge on any atom is 0.252 e. The zero-order chi connectivity index (χ0) is 19.4. The van der Waals surface area contributed by atoms with Gasteiger partial charge >= 0.3 is 0 Å². The van der Waals surface area contributed by atoms with Gasteiger partial charge in [-0.15, -0.1) is 0 Å². The van der Waals surface area contributed by atoms with E-state index in [4.69, 9.17) is 11.6 Å². The summed E-state index contributed by atoms with van der Waals surface area (Å²) in [5.41, 5.74) is 5.63. The Balaban J connectivity index is 1.79. The van der Waals surface area contributed by atoms with Crippen LogP contribution in [0.4, 0.5) is 5.69 Å². The molecule has 1 saturated heterocycles. The lowest BCUT2D eigenvalue weighted by atomic mass is 9.99. The molecule has 0 saturated carbocycles. The van der Waals surface area contributed by atoms with Crippen molar-refractivity contribution in [2.24, 2.45) is 0 Å². The number of nitrogens with zero attached hydrogens (tertiary/aromatic N) is 1. The van der Waals surface area contributed by atoms with Crippen LogP contribution in [0, 0.1) is 6.92 Å². The molecule has 1 aliphatic heterocycles. The number of hydrogen-bond donors (Lipinski definition) is 2. The average molecular weight is 392 g/mol. The summed E-state index contributed by atoms with van der Waals surface area (Å²) >= 11 is 6.17. The quantitative estimate of drug-likeness (QED) is 0.517. The van der Waals surface area contributed by atoms with Gasteiger partial charge in [-0.2, -0.15) is 0 Å². The fourth-order valence-electron chi connectivity index (χ4n) is 4.10. The number of halogens is 1. The Hall–Kier alpha value is -3.05. The maximum absolute atomic E-state index is 12.7. The van der Waals surface area contributed by atoms with Crippen LogP contribution < -0.4 is 10.5 Å². The Kier molecular flexibility index (Phi) is 3.81. The molecule has 1 fully saturated rings. The van der Waals surface area contributed by atoms with Gasteiger partial charge in [-0.05, 0) is 49.2 Å². The molecule has 1 aliphatic rings. The summed E-state index contributed by atoms with van der Waals surface area (Å²) < 4.78 is 0. The topological polar surface area (TPSA) is 69.0 Å². The van der Waals surface area contributed by atoms with Gasteiger partial charge in [0.05, 0.1) is 11.0 Å². The minimum Gasteiger partial charge on any atom is -0.353 e. The smallest absolute Gasteiger partial charge is 0.252 e. The Bertz CT molecular complexity index is 1320. The van der Waals surface area contributed by atoms with Gasteiger partial charge in [0, 0.05) is 45.7 Å². The van der Waals surface area contributed by atoms with Crippen LogP contribution >= 0.6 is 11.6 Å². The lowest BCUT2D eigenvalue weighted by Gasteiger charge is -2.17. The van der Waals surface area contributed by atoms with Crippen LogP contribution in [0.3, 0.4) is 0 Å². The van der Waals surface area contributed by atoms with Gasteiger partial charge in [0.15, 0.2) is 0 Å². The van der Waals surface area contributed by atoms with E-state index in [1.54, 1.807) is 0 Å². The first kappa shape index (κ1) is 17.1. The molecule has 0 atom stereocenters. The first-order chi connectivity index (χ1) is 13.5. The van der Waals surface area contributed by atoms with Crippen molar-refractivity contribution in [3.05, 3.63) is 63.4 Å². The molecule has 28 heavy (non-hydrogen) atoms. The Morgan fingerprint density at radius 3 is 2.68 bits per heavy atom. The molecule has 5 rings (SSSR count). The Morgan fingerprint density at radius 1 is 1.04 bits per heavy atom. The normalized spacial score (nSPS) is 14.5. The Morgan fingerprint density at radius 2 is 1.89 bits per heavy atom. The summed E-state index contributed by atoms with van der Waals surface area (Å²) in [6, 6.07) is 13.4. The average Bonchev–Trinajstić information content (AvgIpc) is 3.26. The molecule has 0 unspecified atom stereocenters. The van der Waals surface area contributed by atoms with Gasteiger partial charge in [0.1, 0.15) is 0 Å². The predicted molar refractivity (Wildman–Crippen MR) is 113 cm³/mol. The van der Waals surface area contributed by atoms with Crippen molar-refractivity contribution in [2.75, 3.05) is 11.4 Å². The molecule has 0 radical (unpaired) electrons. The highest BCUT2D eigenvalue weighted by Gasteiger charge is 2.23. The summed E-state index contributed by atoms with van der Waals surface area (Å²) in [7, 11) is 0. The van der Waals surface area contributed by atoms with Crippen LogP contribution in [0.5, 0.6) is 0 Å². The number of hydrogen-bond acceptors (Lipinski definition) is 2. The van der Waals surface area contributed by atoms with Crippen molar-refractivity contribution < 1.29 is 4.79 Å². The van der Waals surface area contributed by atoms with E-state index in [2.05, 4.69) is 9.97 Å². The molecular weight excluding hydrogens is 374 g/mol. The van der Waals surface area contributed by atoms with Crippen molar-refractivity contribution in [3.8, 4) is 11.1 Å². The molecule has 0 bridgehead atoms. The highest BCUT2D eigenvalue weighted by Crippen LogP contribution is 2.35. The number of nitrogens with one attached hydrogen (secondary N) is 2. The molecule has 2 aromatic heterocycles. The number of carbonyl (C=O) groups excluding carboxylic acids is 1. The van der Waals surface area contributed by atoms with Gasteiger partial charge in [-0.25, -0.2) is 0 Å². The fourth-order valence-corrected chi connectivity index (χ4v) is 4.27. The SMILES string of the molecule is Cc1c(-c2cccc(N3CCCC3=O)c2)c2[nH]c3ccc(Cl)cc3c2[nH]c1=O. The molecule has 6 heteroatoms. The Labute approximate surface area is 165 Å². The monoisotopic (exact) mass is 391 g/mol. The van der Waals surface area contributed by atoms with Gasteiger partial charge in [0.2, 0.25) is 5.91 Å². The number of fused-ring (bicyclic) bond motifs is 3. The first-order valence-corrected chi connectivity index (χ1v) is 9.65. The largest absolute Gasteiger partial charge is 0.353 e. The predicted octanol–water partition coefficient (Wildman–Crippen LogP) is 4.77. The highest BCUT2D eigenvalue weighted by atomic mass is 35.5. The van der Waals surface area contributed by atoms with Crippen molar-refractivity contribution >= 4 is 45.1 Å². The number of pyridine rings is 1. The molecule has 0 aliphatic carbocycles. The number of rotatable bonds is 2. The second-order valence-corrected chi connectivity index (χ2v) is 7.65. The zero-order valence-electron chi connectivity index (χ0n) is 15.3. The second-order valence-electron chi connectivity index (χ2n) is 7.22. The van der Waals surface area contributed by atoms with Gasteiger partial charge < -0.3 is 14.9 Å². The van der Waals surface area contributed by atoms with Crippen LogP contribution in [0.1, 0.15) is 18.4 Å². The number of benzene rings is 2. The van der Waals surface area contributed by atoms with E-state index >= 15 is 0 Å². The molecular formula is C22H18ClN3O2. The number of amides is 1. The van der Waals surface area contributed by atoms with E-state index < -0.39 is 0 Å². The molecule has 1 amide bonds. The standard InChI is InChI=1S/C22H18ClN3O2/c1-12-19(13-4-2-5-15(10-13)26-9-3-6-18(26)27)21-20(25-22(12)28)16-11-14(23)7-8-17(16)24-21/h2,4-5,7-8,10-11,24H,3,6,9H2,1H3,(H,25,28). The molecule has 2 N–H and O–H groups in total. The highest BCUT2D eigenvalue weighted by molar-refractivity contribution is 6.31. The summed E-state index contributed by atoms with van der Waals surface area (Å²) in [5, 5.41) is 1.50. The van der Waals surface area contributed by atoms with Crippen molar-refractivity contribution in [2.45, 2.75) is 19.8 Å². The molecule has 4 aromatic rings. The van der Waals surface area contributed by atoms with E-state index in [9.17, 15) is 9.59 Å². The van der Waals surface area contributed by atoms with Gasteiger partial charge in [-0.1, -0.05) is 23.7 Å². The number of anilines is 1. The second kappa shape index (κ2) is 6.24. The van der Waals surface area contributed by atoms with Crippen LogP contribution in [0.25, 0.3) is 33.1 Å². The van der Waals surface area contributed by atoms with Crippen molar-refractivity contribution in [1.82, 2.24) is 9.97 Å². The van der Waals surface area contributed by atoms with Crippen molar-refractivity contribution in [1.29, 1.82) is 0 Å². The third kappa shape index (κ3) is 2.54. The lowest BCUT2D eigenvalue weighted by Crippen LogP contribution is -2.23. The zero-order valence-corrected chi connectivity index (χ0v) is 16.1. The summed E-state index contributed by atoms with van der Waals surface area (Å²) in [5.74, 6) is 0.144. The third-order valence-corrected chi connectivity index (χ3v) is 5.72. The molecule has 2 aromatic carbocycles. The minimum absolute atomic E-state index is 0.133.